The summed E-state index contributed by atoms with van der Waals surface area (Å²) in [6.07, 6.45) is 1.97. The Morgan fingerprint density at radius 1 is 0.491 bits per heavy atom. The predicted molar refractivity (Wildman–Crippen MR) is 229 cm³/mol. The van der Waals surface area contributed by atoms with Crippen molar-refractivity contribution in [2.75, 3.05) is 4.90 Å². The summed E-state index contributed by atoms with van der Waals surface area (Å²) in [5.41, 5.74) is 8.80. The maximum Gasteiger partial charge on any atom is 0.159 e. The minimum atomic E-state index is 0.705. The SMILES string of the molecule is Cc1cc2c(cc(-c3cc4ccccc4c(N(c4ccccc4)c4cc(-c5ccccc5)cc(-c5ccccc5)n4)n3)c3cnc(-c4ccccc4)nc32)s1. The largest absolute Gasteiger partial charge is 0.278 e. The van der Waals surface area contributed by atoms with Crippen molar-refractivity contribution in [1.29, 1.82) is 0 Å². The fourth-order valence-corrected chi connectivity index (χ4v) is 8.34. The number of hydrogen-bond acceptors (Lipinski definition) is 6. The van der Waals surface area contributed by atoms with Crippen LogP contribution in [0, 0.1) is 6.92 Å². The van der Waals surface area contributed by atoms with E-state index >= 15 is 0 Å². The molecule has 0 saturated heterocycles. The van der Waals surface area contributed by atoms with Gasteiger partial charge >= 0.3 is 0 Å². The van der Waals surface area contributed by atoms with Crippen LogP contribution in [0.4, 0.5) is 17.3 Å². The van der Waals surface area contributed by atoms with Crippen LogP contribution in [-0.2, 0) is 0 Å². The molecule has 55 heavy (non-hydrogen) atoms. The number of benzene rings is 6. The van der Waals surface area contributed by atoms with E-state index in [-0.39, 0.29) is 0 Å². The topological polar surface area (TPSA) is 54.8 Å². The lowest BCUT2D eigenvalue weighted by Crippen LogP contribution is -2.14. The minimum Gasteiger partial charge on any atom is -0.278 e. The van der Waals surface area contributed by atoms with Crippen molar-refractivity contribution in [1.82, 2.24) is 19.9 Å². The van der Waals surface area contributed by atoms with Crippen LogP contribution < -0.4 is 4.90 Å². The average molecular weight is 724 g/mol. The fraction of sp³-hybridized carbons (Fsp3) is 0.0204. The number of rotatable bonds is 7. The number of hydrogen-bond donors (Lipinski definition) is 0. The molecule has 0 aliphatic heterocycles. The Morgan fingerprint density at radius 3 is 1.89 bits per heavy atom. The van der Waals surface area contributed by atoms with Crippen molar-refractivity contribution in [3.05, 3.63) is 187 Å². The Labute approximate surface area is 322 Å². The van der Waals surface area contributed by atoms with Gasteiger partial charge in [-0.05, 0) is 65.9 Å². The van der Waals surface area contributed by atoms with Crippen LogP contribution in [0.5, 0.6) is 0 Å². The first kappa shape index (κ1) is 32.6. The van der Waals surface area contributed by atoms with Crippen molar-refractivity contribution < 1.29 is 0 Å². The second kappa shape index (κ2) is 13.8. The first-order chi connectivity index (χ1) is 27.2. The molecule has 0 aliphatic carbocycles. The van der Waals surface area contributed by atoms with Crippen LogP contribution in [0.2, 0.25) is 0 Å². The van der Waals surface area contributed by atoms with Crippen molar-refractivity contribution in [3.8, 4) is 45.0 Å². The van der Waals surface area contributed by atoms with Gasteiger partial charge in [-0.3, -0.25) is 4.90 Å². The second-order valence-corrected chi connectivity index (χ2v) is 14.9. The van der Waals surface area contributed by atoms with Crippen molar-refractivity contribution in [2.24, 2.45) is 0 Å². The molecule has 4 heterocycles. The lowest BCUT2D eigenvalue weighted by atomic mass is 10.0. The lowest BCUT2D eigenvalue weighted by molar-refractivity contribution is 1.14. The summed E-state index contributed by atoms with van der Waals surface area (Å²) in [4.78, 5) is 24.6. The number of para-hydroxylation sites is 1. The van der Waals surface area contributed by atoms with Crippen LogP contribution >= 0.6 is 11.3 Å². The molecule has 0 atom stereocenters. The van der Waals surface area contributed by atoms with Gasteiger partial charge in [-0.25, -0.2) is 19.9 Å². The molecular formula is C49H33N5S. The van der Waals surface area contributed by atoms with Gasteiger partial charge in [0.2, 0.25) is 0 Å². The highest BCUT2D eigenvalue weighted by atomic mass is 32.1. The predicted octanol–water partition coefficient (Wildman–Crippen LogP) is 13.2. The van der Waals surface area contributed by atoms with Crippen molar-refractivity contribution in [3.63, 3.8) is 0 Å². The molecule has 4 aromatic heterocycles. The molecule has 260 valence electrons. The summed E-state index contributed by atoms with van der Waals surface area (Å²) >= 11 is 1.78. The molecule has 0 aliphatic rings. The van der Waals surface area contributed by atoms with Crippen LogP contribution in [-0.4, -0.2) is 19.9 Å². The molecule has 10 aromatic rings. The third kappa shape index (κ3) is 6.09. The van der Waals surface area contributed by atoms with Gasteiger partial charge in [0.25, 0.3) is 0 Å². The van der Waals surface area contributed by atoms with Gasteiger partial charge in [-0.2, -0.15) is 0 Å². The highest BCUT2D eigenvalue weighted by Crippen LogP contribution is 2.43. The average Bonchev–Trinajstić information content (AvgIpc) is 3.65. The summed E-state index contributed by atoms with van der Waals surface area (Å²) < 4.78 is 1.17. The van der Waals surface area contributed by atoms with E-state index in [4.69, 9.17) is 19.9 Å². The molecule has 0 spiro atoms. The Bertz CT molecular complexity index is 2930. The number of fused-ring (bicyclic) bond motifs is 4. The molecule has 6 aromatic carbocycles. The third-order valence-electron chi connectivity index (χ3n) is 9.97. The molecular weight excluding hydrogens is 691 g/mol. The summed E-state index contributed by atoms with van der Waals surface area (Å²) in [7, 11) is 0. The van der Waals surface area contributed by atoms with Crippen LogP contribution in [0.1, 0.15) is 4.88 Å². The first-order valence-corrected chi connectivity index (χ1v) is 19.1. The van der Waals surface area contributed by atoms with E-state index in [1.54, 1.807) is 11.3 Å². The maximum absolute atomic E-state index is 5.61. The number of aromatic nitrogens is 4. The molecule has 0 saturated carbocycles. The number of pyridine rings is 2. The Balaban J connectivity index is 1.25. The standard InChI is InChI=1S/C49H33N5S/c1-32-26-41-45(55-32)30-40(42-31-50-48(53-47(41)42)35-20-10-4-11-21-35)44-27-36-22-14-15-25-39(36)49(52-44)54(38-23-12-5-13-24-38)46-29-37(33-16-6-2-7-17-33)28-43(51-46)34-18-8-3-9-19-34/h2-31H,1H3. The molecule has 10 rings (SSSR count). The zero-order chi connectivity index (χ0) is 36.7. The van der Waals surface area contributed by atoms with Gasteiger partial charge in [0.1, 0.15) is 11.6 Å². The first-order valence-electron chi connectivity index (χ1n) is 18.3. The highest BCUT2D eigenvalue weighted by molar-refractivity contribution is 7.19. The van der Waals surface area contributed by atoms with E-state index in [1.165, 1.54) is 9.58 Å². The van der Waals surface area contributed by atoms with E-state index in [9.17, 15) is 0 Å². The van der Waals surface area contributed by atoms with E-state index in [1.807, 2.05) is 42.6 Å². The van der Waals surface area contributed by atoms with E-state index in [0.29, 0.717) is 5.82 Å². The van der Waals surface area contributed by atoms with Crippen LogP contribution in [0.3, 0.4) is 0 Å². The summed E-state index contributed by atoms with van der Waals surface area (Å²) in [5.74, 6) is 2.26. The molecule has 6 heteroatoms. The smallest absolute Gasteiger partial charge is 0.159 e. The van der Waals surface area contributed by atoms with E-state index in [0.717, 1.165) is 83.6 Å². The normalized spacial score (nSPS) is 11.4. The molecule has 0 unspecified atom stereocenters. The number of nitrogens with zero attached hydrogens (tertiary/aromatic N) is 5. The zero-order valence-corrected chi connectivity index (χ0v) is 30.8. The number of anilines is 3. The molecule has 5 nitrogen and oxygen atoms in total. The fourth-order valence-electron chi connectivity index (χ4n) is 7.37. The van der Waals surface area contributed by atoms with E-state index in [2.05, 4.69) is 151 Å². The molecule has 0 radical (unpaired) electrons. The molecule has 0 bridgehead atoms. The Morgan fingerprint density at radius 2 is 1.15 bits per heavy atom. The quantitative estimate of drug-likeness (QED) is 0.164. The maximum atomic E-state index is 5.61. The Kier molecular flexibility index (Phi) is 8.16. The minimum absolute atomic E-state index is 0.705. The third-order valence-corrected chi connectivity index (χ3v) is 11.0. The van der Waals surface area contributed by atoms with Gasteiger partial charge in [0, 0.05) is 54.3 Å². The summed E-state index contributed by atoms with van der Waals surface area (Å²) in [6.45, 7) is 2.15. The number of aryl methyl sites for hydroxylation is 1. The van der Waals surface area contributed by atoms with Gasteiger partial charge in [-0.15, -0.1) is 11.3 Å². The van der Waals surface area contributed by atoms with Gasteiger partial charge < -0.3 is 0 Å². The summed E-state index contributed by atoms with van der Waals surface area (Å²) in [5, 5.41) is 4.18. The zero-order valence-electron chi connectivity index (χ0n) is 30.0. The van der Waals surface area contributed by atoms with Crippen LogP contribution in [0.25, 0.3) is 76.8 Å². The Hall–Kier alpha value is -7.02. The highest BCUT2D eigenvalue weighted by Gasteiger charge is 2.23. The van der Waals surface area contributed by atoms with Crippen molar-refractivity contribution >= 4 is 60.4 Å². The molecule has 0 amide bonds. The van der Waals surface area contributed by atoms with Gasteiger partial charge in [-0.1, -0.05) is 133 Å². The summed E-state index contributed by atoms with van der Waals surface area (Å²) in [6, 6.07) is 61.0. The lowest BCUT2D eigenvalue weighted by Gasteiger charge is -2.26. The molecule has 0 N–H and O–H groups in total. The number of thiophene rings is 1. The van der Waals surface area contributed by atoms with Gasteiger partial charge in [0.05, 0.1) is 16.9 Å². The molecule has 0 fully saturated rings. The van der Waals surface area contributed by atoms with E-state index < -0.39 is 0 Å². The van der Waals surface area contributed by atoms with Gasteiger partial charge in [0.15, 0.2) is 5.82 Å². The van der Waals surface area contributed by atoms with Crippen LogP contribution in [0.15, 0.2) is 182 Å². The monoisotopic (exact) mass is 723 g/mol. The second-order valence-electron chi connectivity index (χ2n) is 13.6. The van der Waals surface area contributed by atoms with Crippen molar-refractivity contribution in [2.45, 2.75) is 6.92 Å².